The van der Waals surface area contributed by atoms with Gasteiger partial charge in [0.15, 0.2) is 0 Å². The van der Waals surface area contributed by atoms with Crippen LogP contribution in [0.3, 0.4) is 0 Å². The Hall–Kier alpha value is -3.68. The zero-order valence-corrected chi connectivity index (χ0v) is 14.8. The molecule has 0 saturated carbocycles. The maximum Gasteiger partial charge on any atom is 0.338 e. The molecule has 0 atom stereocenters. The average molecular weight is 370 g/mol. The van der Waals surface area contributed by atoms with Gasteiger partial charge in [0.2, 0.25) is 0 Å². The summed E-state index contributed by atoms with van der Waals surface area (Å²) in [6.07, 6.45) is 0. The van der Waals surface area contributed by atoms with Gasteiger partial charge in [0, 0.05) is 11.4 Å². The highest BCUT2D eigenvalue weighted by Gasteiger charge is 2.15. The van der Waals surface area contributed by atoms with Crippen LogP contribution in [0.15, 0.2) is 48.5 Å². The van der Waals surface area contributed by atoms with Crippen molar-refractivity contribution in [3.63, 3.8) is 0 Å². The van der Waals surface area contributed by atoms with Crippen LogP contribution >= 0.6 is 0 Å². The summed E-state index contributed by atoms with van der Waals surface area (Å²) in [4.78, 5) is 47.1. The number of methoxy groups -OCH3 is 1. The maximum absolute atomic E-state index is 12.0. The summed E-state index contributed by atoms with van der Waals surface area (Å²) < 4.78 is 9.47. The van der Waals surface area contributed by atoms with Crippen LogP contribution in [-0.2, 0) is 19.1 Å². The fourth-order valence-corrected chi connectivity index (χ4v) is 2.12. The first-order chi connectivity index (χ1) is 12.9. The van der Waals surface area contributed by atoms with Crippen LogP contribution in [0, 0.1) is 0 Å². The van der Waals surface area contributed by atoms with Gasteiger partial charge in [-0.05, 0) is 49.4 Å². The second kappa shape index (κ2) is 9.14. The highest BCUT2D eigenvalue weighted by molar-refractivity contribution is 6.43. The first-order valence-corrected chi connectivity index (χ1v) is 8.02. The largest absolute Gasteiger partial charge is 0.465 e. The Morgan fingerprint density at radius 1 is 0.815 bits per heavy atom. The van der Waals surface area contributed by atoms with Crippen LogP contribution in [0.2, 0.25) is 0 Å². The van der Waals surface area contributed by atoms with E-state index in [2.05, 4.69) is 15.4 Å². The third-order valence-electron chi connectivity index (χ3n) is 3.40. The van der Waals surface area contributed by atoms with E-state index < -0.39 is 23.8 Å². The summed E-state index contributed by atoms with van der Waals surface area (Å²) in [7, 11) is 1.24. The Bertz CT molecular complexity index is 861. The van der Waals surface area contributed by atoms with Crippen LogP contribution in [0.25, 0.3) is 0 Å². The van der Waals surface area contributed by atoms with Gasteiger partial charge in [0.25, 0.3) is 0 Å². The van der Waals surface area contributed by atoms with Crippen molar-refractivity contribution in [1.29, 1.82) is 0 Å². The van der Waals surface area contributed by atoms with Crippen LogP contribution in [0.4, 0.5) is 11.4 Å². The highest BCUT2D eigenvalue weighted by Crippen LogP contribution is 2.13. The Kier molecular flexibility index (Phi) is 6.65. The predicted octanol–water partition coefficient (Wildman–Crippen LogP) is 2.23. The first-order valence-electron chi connectivity index (χ1n) is 8.02. The smallest absolute Gasteiger partial charge is 0.338 e. The van der Waals surface area contributed by atoms with Crippen LogP contribution in [0.1, 0.15) is 27.6 Å². The van der Waals surface area contributed by atoms with E-state index in [-0.39, 0.29) is 17.9 Å². The fraction of sp³-hybridized carbons (Fsp3) is 0.158. The number of rotatable bonds is 5. The molecule has 0 unspecified atom stereocenters. The fourth-order valence-electron chi connectivity index (χ4n) is 2.12. The molecule has 0 aliphatic rings. The maximum atomic E-state index is 12.0. The molecule has 0 spiro atoms. The Labute approximate surface area is 155 Å². The third-order valence-corrected chi connectivity index (χ3v) is 3.40. The molecule has 0 fully saturated rings. The van der Waals surface area contributed by atoms with Crippen molar-refractivity contribution in [2.45, 2.75) is 6.92 Å². The molecule has 0 radical (unpaired) electrons. The zero-order chi connectivity index (χ0) is 19.8. The molecule has 0 aliphatic carbocycles. The number of hydrogen-bond donors (Lipinski definition) is 2. The van der Waals surface area contributed by atoms with Crippen molar-refractivity contribution >= 4 is 35.1 Å². The third kappa shape index (κ3) is 5.40. The van der Waals surface area contributed by atoms with Crippen molar-refractivity contribution < 1.29 is 28.7 Å². The second-order valence-electron chi connectivity index (χ2n) is 5.28. The number of carbonyl (C=O) groups excluding carboxylic acids is 4. The molecule has 2 aromatic carbocycles. The molecule has 8 heteroatoms. The minimum Gasteiger partial charge on any atom is -0.465 e. The lowest BCUT2D eigenvalue weighted by molar-refractivity contribution is -0.132. The van der Waals surface area contributed by atoms with Gasteiger partial charge < -0.3 is 20.1 Å². The molecular weight excluding hydrogens is 352 g/mol. The summed E-state index contributed by atoms with van der Waals surface area (Å²) in [6, 6.07) is 11.9. The lowest BCUT2D eigenvalue weighted by Crippen LogP contribution is -2.29. The lowest BCUT2D eigenvalue weighted by Gasteiger charge is -2.08. The monoisotopic (exact) mass is 370 g/mol. The Morgan fingerprint density at radius 2 is 1.44 bits per heavy atom. The molecule has 0 saturated heterocycles. The van der Waals surface area contributed by atoms with Crippen LogP contribution in [-0.4, -0.2) is 37.5 Å². The van der Waals surface area contributed by atoms with Gasteiger partial charge in [-0.3, -0.25) is 9.59 Å². The number of hydrogen-bond acceptors (Lipinski definition) is 6. The van der Waals surface area contributed by atoms with Gasteiger partial charge in [-0.15, -0.1) is 0 Å². The van der Waals surface area contributed by atoms with Gasteiger partial charge in [0.1, 0.15) is 0 Å². The molecule has 0 bridgehead atoms. The van der Waals surface area contributed by atoms with Crippen molar-refractivity contribution in [3.05, 3.63) is 59.7 Å². The average Bonchev–Trinajstić information content (AvgIpc) is 2.68. The van der Waals surface area contributed by atoms with E-state index in [1.807, 2.05) is 0 Å². The van der Waals surface area contributed by atoms with E-state index in [4.69, 9.17) is 4.74 Å². The molecule has 27 heavy (non-hydrogen) atoms. The topological polar surface area (TPSA) is 111 Å². The van der Waals surface area contributed by atoms with E-state index in [0.717, 1.165) is 0 Å². The highest BCUT2D eigenvalue weighted by atomic mass is 16.5. The number of esters is 2. The van der Waals surface area contributed by atoms with Crippen LogP contribution in [0.5, 0.6) is 0 Å². The number of amides is 2. The summed E-state index contributed by atoms with van der Waals surface area (Å²) in [5, 5.41) is 4.81. The van der Waals surface area contributed by atoms with E-state index in [9.17, 15) is 19.2 Å². The van der Waals surface area contributed by atoms with Crippen molar-refractivity contribution in [2.24, 2.45) is 0 Å². The van der Waals surface area contributed by atoms with Crippen molar-refractivity contribution in [2.75, 3.05) is 24.4 Å². The quantitative estimate of drug-likeness (QED) is 0.617. The Morgan fingerprint density at radius 3 is 2.04 bits per heavy atom. The van der Waals surface area contributed by atoms with Gasteiger partial charge in [-0.25, -0.2) is 9.59 Å². The number of nitrogens with one attached hydrogen (secondary N) is 2. The number of ether oxygens (including phenoxy) is 2. The van der Waals surface area contributed by atoms with Gasteiger partial charge in [-0.2, -0.15) is 0 Å². The van der Waals surface area contributed by atoms with E-state index in [1.54, 1.807) is 13.0 Å². The standard InChI is InChI=1S/C19H18N2O6/c1-3-27-19(25)12-7-9-14(10-8-12)20-16(22)17(23)21-15-6-4-5-13(11-15)18(24)26-2/h4-11H,3H2,1-2H3,(H,20,22)(H,21,23). The SMILES string of the molecule is CCOC(=O)c1ccc(NC(=O)C(=O)Nc2cccc(C(=O)OC)c2)cc1. The van der Waals surface area contributed by atoms with Crippen molar-refractivity contribution in [1.82, 2.24) is 0 Å². The van der Waals surface area contributed by atoms with Crippen LogP contribution < -0.4 is 10.6 Å². The zero-order valence-electron chi connectivity index (χ0n) is 14.8. The van der Waals surface area contributed by atoms with E-state index in [1.165, 1.54) is 49.6 Å². The summed E-state index contributed by atoms with van der Waals surface area (Å²) in [6.45, 7) is 1.96. The minimum absolute atomic E-state index is 0.241. The molecule has 2 rings (SSSR count). The Balaban J connectivity index is 1.99. The normalized spacial score (nSPS) is 9.85. The molecule has 2 N–H and O–H groups in total. The van der Waals surface area contributed by atoms with E-state index in [0.29, 0.717) is 11.3 Å². The van der Waals surface area contributed by atoms with Crippen molar-refractivity contribution in [3.8, 4) is 0 Å². The summed E-state index contributed by atoms with van der Waals surface area (Å²) in [5.41, 5.74) is 1.19. The minimum atomic E-state index is -0.911. The summed E-state index contributed by atoms with van der Waals surface area (Å²) >= 11 is 0. The first kappa shape index (κ1) is 19.6. The molecule has 140 valence electrons. The number of anilines is 2. The van der Waals surface area contributed by atoms with Gasteiger partial charge in [-0.1, -0.05) is 6.07 Å². The molecule has 0 heterocycles. The van der Waals surface area contributed by atoms with E-state index >= 15 is 0 Å². The molecular formula is C19H18N2O6. The molecule has 2 amide bonds. The molecule has 2 aromatic rings. The number of carbonyl (C=O) groups is 4. The second-order valence-corrected chi connectivity index (χ2v) is 5.28. The molecule has 8 nitrogen and oxygen atoms in total. The molecule has 0 aromatic heterocycles. The van der Waals surface area contributed by atoms with Gasteiger partial charge >= 0.3 is 23.8 Å². The number of benzene rings is 2. The summed E-state index contributed by atoms with van der Waals surface area (Å²) in [5.74, 6) is -2.84. The molecule has 0 aliphatic heterocycles. The van der Waals surface area contributed by atoms with Gasteiger partial charge in [0.05, 0.1) is 24.8 Å². The lowest BCUT2D eigenvalue weighted by atomic mass is 10.2. The predicted molar refractivity (Wildman–Crippen MR) is 97.4 cm³/mol.